The second-order valence-corrected chi connectivity index (χ2v) is 5.05. The molecule has 3 aromatic carbocycles. The minimum Gasteiger partial charge on any atom is -0.507 e. The van der Waals surface area contributed by atoms with Gasteiger partial charge in [-0.05, 0) is 23.6 Å². The molecule has 3 heteroatoms. The molecule has 0 fully saturated rings. The van der Waals surface area contributed by atoms with Gasteiger partial charge in [0.05, 0.1) is 6.54 Å². The fraction of sp³-hybridized carbons (Fsp3) is 0.105. The van der Waals surface area contributed by atoms with Gasteiger partial charge in [-0.1, -0.05) is 48.5 Å². The topological polar surface area (TPSA) is 44.6 Å². The maximum atomic E-state index is 9.66. The number of para-hydroxylation sites is 1. The van der Waals surface area contributed by atoms with E-state index in [4.69, 9.17) is 0 Å². The molecule has 0 amide bonds. The van der Waals surface area contributed by atoms with Gasteiger partial charge < -0.3 is 10.4 Å². The van der Waals surface area contributed by atoms with E-state index in [1.54, 1.807) is 18.3 Å². The largest absolute Gasteiger partial charge is 0.507 e. The third-order valence-electron chi connectivity index (χ3n) is 3.51. The molecule has 0 aromatic heterocycles. The van der Waals surface area contributed by atoms with Crippen molar-refractivity contribution in [2.24, 2.45) is 4.99 Å². The second-order valence-electron chi connectivity index (χ2n) is 5.05. The summed E-state index contributed by atoms with van der Waals surface area (Å²) in [4.78, 5) is 4.35. The Morgan fingerprint density at radius 2 is 1.68 bits per heavy atom. The smallest absolute Gasteiger partial charge is 0.124 e. The van der Waals surface area contributed by atoms with Crippen molar-refractivity contribution in [2.45, 2.75) is 0 Å². The number of phenols is 1. The summed E-state index contributed by atoms with van der Waals surface area (Å²) in [5, 5.41) is 15.5. The lowest BCUT2D eigenvalue weighted by Gasteiger charge is -2.08. The van der Waals surface area contributed by atoms with Crippen molar-refractivity contribution in [3.63, 3.8) is 0 Å². The number of aromatic hydroxyl groups is 1. The number of rotatable bonds is 5. The number of fused-ring (bicyclic) bond motifs is 1. The zero-order chi connectivity index (χ0) is 15.2. The van der Waals surface area contributed by atoms with Crippen LogP contribution in [0.2, 0.25) is 0 Å². The number of benzene rings is 3. The standard InChI is InChI=1S/C19H18N2O/c22-19-11-4-2-7-16(19)14-20-12-13-21-18-10-5-8-15-6-1-3-9-17(15)18/h1-11,14,21-22H,12-13H2. The van der Waals surface area contributed by atoms with Gasteiger partial charge in [-0.3, -0.25) is 4.99 Å². The molecule has 0 radical (unpaired) electrons. The van der Waals surface area contributed by atoms with Crippen LogP contribution < -0.4 is 5.32 Å². The Labute approximate surface area is 130 Å². The van der Waals surface area contributed by atoms with E-state index in [2.05, 4.69) is 40.6 Å². The highest BCUT2D eigenvalue weighted by Gasteiger charge is 1.98. The van der Waals surface area contributed by atoms with E-state index in [-0.39, 0.29) is 5.75 Å². The molecule has 0 saturated carbocycles. The lowest BCUT2D eigenvalue weighted by molar-refractivity contribution is 0.474. The van der Waals surface area contributed by atoms with Gasteiger partial charge in [-0.25, -0.2) is 0 Å². The van der Waals surface area contributed by atoms with Crippen LogP contribution in [0.1, 0.15) is 5.56 Å². The Balaban J connectivity index is 1.60. The van der Waals surface area contributed by atoms with Crippen LogP contribution in [0.5, 0.6) is 5.75 Å². The summed E-state index contributed by atoms with van der Waals surface area (Å²) in [7, 11) is 0. The Bertz CT molecular complexity index is 791. The van der Waals surface area contributed by atoms with Crippen molar-refractivity contribution in [3.05, 3.63) is 72.3 Å². The van der Waals surface area contributed by atoms with Crippen LogP contribution in [0.4, 0.5) is 5.69 Å². The zero-order valence-corrected chi connectivity index (χ0v) is 12.2. The fourth-order valence-corrected chi connectivity index (χ4v) is 2.39. The minimum atomic E-state index is 0.258. The summed E-state index contributed by atoms with van der Waals surface area (Å²) in [6, 6.07) is 21.7. The summed E-state index contributed by atoms with van der Waals surface area (Å²) < 4.78 is 0. The quantitative estimate of drug-likeness (QED) is 0.549. The summed E-state index contributed by atoms with van der Waals surface area (Å²) >= 11 is 0. The average Bonchev–Trinajstić information content (AvgIpc) is 2.56. The van der Waals surface area contributed by atoms with E-state index in [1.165, 1.54) is 10.8 Å². The van der Waals surface area contributed by atoms with Gasteiger partial charge in [0.2, 0.25) is 0 Å². The first-order chi connectivity index (χ1) is 10.8. The van der Waals surface area contributed by atoms with Crippen LogP contribution >= 0.6 is 0 Å². The molecule has 22 heavy (non-hydrogen) atoms. The fourth-order valence-electron chi connectivity index (χ4n) is 2.39. The Morgan fingerprint density at radius 1 is 0.909 bits per heavy atom. The van der Waals surface area contributed by atoms with Crippen LogP contribution in [-0.2, 0) is 0 Å². The molecule has 0 saturated heterocycles. The molecule has 0 atom stereocenters. The Hall–Kier alpha value is -2.81. The number of nitrogens with one attached hydrogen (secondary N) is 1. The zero-order valence-electron chi connectivity index (χ0n) is 12.2. The molecule has 3 rings (SSSR count). The van der Waals surface area contributed by atoms with E-state index in [1.807, 2.05) is 24.3 Å². The molecule has 3 aromatic rings. The number of hydrogen-bond donors (Lipinski definition) is 2. The van der Waals surface area contributed by atoms with Gasteiger partial charge in [0.1, 0.15) is 5.75 Å². The first-order valence-electron chi connectivity index (χ1n) is 7.34. The highest BCUT2D eigenvalue weighted by atomic mass is 16.3. The third kappa shape index (κ3) is 3.26. The van der Waals surface area contributed by atoms with Gasteiger partial charge >= 0.3 is 0 Å². The molecule has 0 bridgehead atoms. The Morgan fingerprint density at radius 3 is 2.59 bits per heavy atom. The van der Waals surface area contributed by atoms with Crippen molar-refractivity contribution < 1.29 is 5.11 Å². The molecule has 0 spiro atoms. The number of anilines is 1. The lowest BCUT2D eigenvalue weighted by Crippen LogP contribution is -2.05. The molecule has 110 valence electrons. The van der Waals surface area contributed by atoms with E-state index in [0.717, 1.165) is 17.8 Å². The minimum absolute atomic E-state index is 0.258. The van der Waals surface area contributed by atoms with E-state index in [9.17, 15) is 5.11 Å². The van der Waals surface area contributed by atoms with Crippen LogP contribution in [0.15, 0.2) is 71.7 Å². The third-order valence-corrected chi connectivity index (χ3v) is 3.51. The summed E-state index contributed by atoms with van der Waals surface area (Å²) in [6.45, 7) is 1.40. The molecule has 0 aliphatic rings. The van der Waals surface area contributed by atoms with Crippen molar-refractivity contribution in [3.8, 4) is 5.75 Å². The van der Waals surface area contributed by atoms with Crippen LogP contribution in [0, 0.1) is 0 Å². The van der Waals surface area contributed by atoms with Gasteiger partial charge in [-0.2, -0.15) is 0 Å². The van der Waals surface area contributed by atoms with Crippen LogP contribution in [-0.4, -0.2) is 24.4 Å². The van der Waals surface area contributed by atoms with Crippen LogP contribution in [0.25, 0.3) is 10.8 Å². The number of aliphatic imine (C=N–C) groups is 1. The molecule has 0 heterocycles. The van der Waals surface area contributed by atoms with Crippen molar-refractivity contribution >= 4 is 22.7 Å². The normalized spacial score (nSPS) is 11.1. The highest BCUT2D eigenvalue weighted by molar-refractivity contribution is 5.93. The maximum absolute atomic E-state index is 9.66. The van der Waals surface area contributed by atoms with Crippen molar-refractivity contribution in [2.75, 3.05) is 18.4 Å². The molecule has 3 nitrogen and oxygen atoms in total. The van der Waals surface area contributed by atoms with E-state index in [0.29, 0.717) is 6.54 Å². The highest BCUT2D eigenvalue weighted by Crippen LogP contribution is 2.22. The number of phenolic OH excluding ortho intramolecular Hbond substituents is 1. The van der Waals surface area contributed by atoms with E-state index >= 15 is 0 Å². The van der Waals surface area contributed by atoms with E-state index < -0.39 is 0 Å². The summed E-state index contributed by atoms with van der Waals surface area (Å²) in [5.41, 5.74) is 1.86. The van der Waals surface area contributed by atoms with Crippen molar-refractivity contribution in [1.82, 2.24) is 0 Å². The molecule has 0 unspecified atom stereocenters. The molecular formula is C19H18N2O. The SMILES string of the molecule is Oc1ccccc1C=NCCNc1cccc2ccccc12. The predicted molar refractivity (Wildman–Crippen MR) is 93.0 cm³/mol. The van der Waals surface area contributed by atoms with Gasteiger partial charge in [0.25, 0.3) is 0 Å². The molecule has 0 aliphatic heterocycles. The maximum Gasteiger partial charge on any atom is 0.124 e. The predicted octanol–water partition coefficient (Wildman–Crippen LogP) is 4.08. The summed E-state index contributed by atoms with van der Waals surface area (Å²) in [6.07, 6.45) is 1.71. The van der Waals surface area contributed by atoms with Gasteiger partial charge in [-0.15, -0.1) is 0 Å². The first-order valence-corrected chi connectivity index (χ1v) is 7.34. The summed E-state index contributed by atoms with van der Waals surface area (Å²) in [5.74, 6) is 0.258. The molecule has 2 N–H and O–H groups in total. The van der Waals surface area contributed by atoms with Gasteiger partial charge in [0.15, 0.2) is 0 Å². The number of hydrogen-bond acceptors (Lipinski definition) is 3. The monoisotopic (exact) mass is 290 g/mol. The molecular weight excluding hydrogens is 272 g/mol. The second kappa shape index (κ2) is 6.76. The average molecular weight is 290 g/mol. The molecule has 0 aliphatic carbocycles. The van der Waals surface area contributed by atoms with Crippen molar-refractivity contribution in [1.29, 1.82) is 0 Å². The first kappa shape index (κ1) is 14.1. The van der Waals surface area contributed by atoms with Crippen LogP contribution in [0.3, 0.4) is 0 Å². The lowest BCUT2D eigenvalue weighted by atomic mass is 10.1. The number of nitrogens with zero attached hydrogens (tertiary/aromatic N) is 1. The Kier molecular flexibility index (Phi) is 4.35. The van der Waals surface area contributed by atoms with Gasteiger partial charge in [0, 0.05) is 29.4 Å².